The molecule has 0 spiro atoms. The monoisotopic (exact) mass is 922 g/mol. The van der Waals surface area contributed by atoms with Crippen LogP contribution in [0.2, 0.25) is 5.02 Å². The number of carbonyl (C=O) groups excluding carboxylic acids is 4. The van der Waals surface area contributed by atoms with Crippen molar-refractivity contribution >= 4 is 80.3 Å². The van der Waals surface area contributed by atoms with Gasteiger partial charge in [-0.3, -0.25) is 28.8 Å². The van der Waals surface area contributed by atoms with Crippen molar-refractivity contribution in [2.24, 2.45) is 36.1 Å². The first kappa shape index (κ1) is 43.2. The lowest BCUT2D eigenvalue weighted by Crippen LogP contribution is -2.49. The Hall–Kier alpha value is -6.70. The van der Waals surface area contributed by atoms with E-state index in [2.05, 4.69) is 0 Å². The number of aromatic hydroxyl groups is 1. The lowest BCUT2D eigenvalue weighted by molar-refractivity contribution is -0.131. The molecule has 4 aliphatic rings. The molecule has 0 bridgehead atoms. The van der Waals surface area contributed by atoms with Gasteiger partial charge in [0.2, 0.25) is 23.6 Å². The number of methoxy groups -OCH3 is 2. The normalized spacial score (nSPS) is 23.7. The van der Waals surface area contributed by atoms with Crippen LogP contribution in [0.25, 0.3) is 32.8 Å². The molecule has 6 aromatic rings. The van der Waals surface area contributed by atoms with Gasteiger partial charge in [0.05, 0.1) is 54.6 Å². The first-order valence-electron chi connectivity index (χ1n) is 21.9. The number of hydrogen-bond acceptors (Lipinski definition) is 10. The molecule has 3 fully saturated rings. The van der Waals surface area contributed by atoms with Crippen molar-refractivity contribution in [3.05, 3.63) is 124 Å². The maximum atomic E-state index is 15.3. The van der Waals surface area contributed by atoms with Crippen LogP contribution in [0.4, 0.5) is 11.5 Å². The van der Waals surface area contributed by atoms with Gasteiger partial charge < -0.3 is 19.3 Å². The van der Waals surface area contributed by atoms with Gasteiger partial charge in [-0.25, -0.2) is 4.90 Å². The zero-order valence-corrected chi connectivity index (χ0v) is 38.8. The number of aromatic nitrogens is 2. The number of phenols is 1. The Balaban J connectivity index is 1.01. The number of hydrogen-bond donors (Lipinski definition) is 1. The summed E-state index contributed by atoms with van der Waals surface area (Å²) in [6.45, 7) is 5.95. The molecule has 336 valence electrons. The molecule has 2 saturated heterocycles. The molecular formula is C52H47ClN4O8S. The van der Waals surface area contributed by atoms with E-state index in [4.69, 9.17) is 30.9 Å². The number of allylic oxidation sites excluding steroid dienone is 2. The number of fused-ring (bicyclic) bond motifs is 5. The Morgan fingerprint density at radius 2 is 1.67 bits per heavy atom. The Bertz CT molecular complexity index is 3080. The highest BCUT2D eigenvalue weighted by Gasteiger charge is 2.68. The summed E-state index contributed by atoms with van der Waals surface area (Å²) in [5.74, 6) is -3.04. The topological polar surface area (TPSA) is 140 Å². The molecule has 1 N–H and O–H groups in total. The van der Waals surface area contributed by atoms with Crippen LogP contribution >= 0.6 is 22.9 Å². The molecule has 4 aromatic carbocycles. The quantitative estimate of drug-likeness (QED) is 0.0808. The molecule has 66 heavy (non-hydrogen) atoms. The lowest BCUT2D eigenvalue weighted by Gasteiger charge is -2.49. The third-order valence-corrected chi connectivity index (χ3v) is 15.7. The van der Waals surface area contributed by atoms with Crippen molar-refractivity contribution in [1.82, 2.24) is 9.78 Å². The number of imide groups is 2. The van der Waals surface area contributed by atoms with Crippen molar-refractivity contribution in [2.45, 2.75) is 39.5 Å². The first-order chi connectivity index (χ1) is 31.8. The van der Waals surface area contributed by atoms with Gasteiger partial charge >= 0.3 is 0 Å². The number of benzene rings is 4. The second-order valence-corrected chi connectivity index (χ2v) is 19.1. The zero-order valence-electron chi connectivity index (χ0n) is 37.2. The first-order valence-corrected chi connectivity index (χ1v) is 23.1. The van der Waals surface area contributed by atoms with E-state index in [0.29, 0.717) is 39.3 Å². The number of thiophene rings is 1. The smallest absolute Gasteiger partial charge is 0.242 e. The number of anilines is 2. The second kappa shape index (κ2) is 16.3. The second-order valence-electron chi connectivity index (χ2n) is 17.6. The van der Waals surface area contributed by atoms with E-state index in [9.17, 15) is 14.7 Å². The largest absolute Gasteiger partial charge is 0.504 e. The molecule has 0 radical (unpaired) electrons. The van der Waals surface area contributed by atoms with Gasteiger partial charge in [0.15, 0.2) is 11.5 Å². The fourth-order valence-electron chi connectivity index (χ4n) is 11.0. The molecule has 4 amide bonds. The minimum atomic E-state index is -1.31. The van der Waals surface area contributed by atoms with Crippen molar-refractivity contribution in [3.8, 4) is 33.6 Å². The molecule has 2 aliphatic carbocycles. The molecule has 1 saturated carbocycles. The predicted octanol–water partition coefficient (Wildman–Crippen LogP) is 9.99. The third-order valence-electron chi connectivity index (χ3n) is 14.2. The maximum Gasteiger partial charge on any atom is 0.242 e. The minimum absolute atomic E-state index is 0.0576. The van der Waals surface area contributed by atoms with E-state index in [1.54, 1.807) is 73.7 Å². The van der Waals surface area contributed by atoms with Crippen LogP contribution in [-0.4, -0.2) is 59.3 Å². The molecule has 6 unspecified atom stereocenters. The number of halogens is 1. The molecule has 10 rings (SSSR count). The molecule has 2 aromatic heterocycles. The van der Waals surface area contributed by atoms with Crippen LogP contribution in [0.5, 0.6) is 23.0 Å². The number of aryl methyl sites for hydroxylation is 2. The fourth-order valence-corrected chi connectivity index (χ4v) is 12.3. The Kier molecular flexibility index (Phi) is 10.7. The van der Waals surface area contributed by atoms with Gasteiger partial charge in [0.1, 0.15) is 23.0 Å². The van der Waals surface area contributed by atoms with Crippen LogP contribution in [-0.2, 0) is 26.2 Å². The van der Waals surface area contributed by atoms with Gasteiger partial charge in [0, 0.05) is 34.3 Å². The van der Waals surface area contributed by atoms with Crippen LogP contribution in [0.15, 0.2) is 96.6 Å². The zero-order chi connectivity index (χ0) is 46.3. The third kappa shape index (κ3) is 6.65. The van der Waals surface area contributed by atoms with Crippen LogP contribution < -0.4 is 24.0 Å². The van der Waals surface area contributed by atoms with Crippen molar-refractivity contribution in [3.63, 3.8) is 0 Å². The van der Waals surface area contributed by atoms with Gasteiger partial charge in [0.25, 0.3) is 0 Å². The van der Waals surface area contributed by atoms with Gasteiger partial charge in [-0.2, -0.15) is 5.10 Å². The lowest BCUT2D eigenvalue weighted by atomic mass is 9.51. The van der Waals surface area contributed by atoms with Crippen molar-refractivity contribution in [2.75, 3.05) is 30.6 Å². The summed E-state index contributed by atoms with van der Waals surface area (Å²) in [5, 5.41) is 17.3. The van der Waals surface area contributed by atoms with Gasteiger partial charge in [-0.05, 0) is 122 Å². The highest BCUT2D eigenvalue weighted by Crippen LogP contribution is 2.64. The Labute approximate surface area is 390 Å². The minimum Gasteiger partial charge on any atom is -0.504 e. The van der Waals surface area contributed by atoms with Gasteiger partial charge in [-0.15, -0.1) is 11.3 Å². The number of amides is 4. The van der Waals surface area contributed by atoms with E-state index in [1.165, 1.54) is 9.80 Å². The van der Waals surface area contributed by atoms with Gasteiger partial charge in [-0.1, -0.05) is 53.6 Å². The summed E-state index contributed by atoms with van der Waals surface area (Å²) < 4.78 is 19.4. The number of ether oxygens (including phenoxy) is 3. The molecule has 14 heteroatoms. The van der Waals surface area contributed by atoms with E-state index in [0.717, 1.165) is 37.2 Å². The van der Waals surface area contributed by atoms with Crippen molar-refractivity contribution in [1.29, 1.82) is 0 Å². The molecule has 2 aliphatic heterocycles. The Morgan fingerprint density at radius 1 is 0.879 bits per heavy atom. The average molecular weight is 923 g/mol. The van der Waals surface area contributed by atoms with Crippen LogP contribution in [0, 0.1) is 36.0 Å². The molecule has 6 atom stereocenters. The van der Waals surface area contributed by atoms with E-state index in [-0.39, 0.29) is 48.7 Å². The molecule has 4 heterocycles. The van der Waals surface area contributed by atoms with Crippen molar-refractivity contribution < 1.29 is 38.5 Å². The highest BCUT2D eigenvalue weighted by atomic mass is 35.5. The summed E-state index contributed by atoms with van der Waals surface area (Å²) in [4.78, 5) is 63.2. The fraction of sp³-hybridized carbons (Fsp3) is 0.288. The van der Waals surface area contributed by atoms with E-state index < -0.39 is 40.9 Å². The number of rotatable bonds is 10. The number of nitrogens with zero attached hydrogens (tertiary/aromatic N) is 4. The summed E-state index contributed by atoms with van der Waals surface area (Å²) in [7, 11) is 4.93. The average Bonchev–Trinajstić information content (AvgIpc) is 3.99. The Morgan fingerprint density at radius 3 is 2.41 bits per heavy atom. The van der Waals surface area contributed by atoms with E-state index in [1.807, 2.05) is 87.5 Å². The van der Waals surface area contributed by atoms with E-state index >= 15 is 9.59 Å². The highest BCUT2D eigenvalue weighted by molar-refractivity contribution is 7.22. The molecule has 12 nitrogen and oxygen atoms in total. The van der Waals surface area contributed by atoms with Crippen LogP contribution in [0.3, 0.4) is 0 Å². The molecular weight excluding hydrogens is 876 g/mol. The summed E-state index contributed by atoms with van der Waals surface area (Å²) in [5.41, 5.74) is 3.91. The summed E-state index contributed by atoms with van der Waals surface area (Å²) in [6, 6.07) is 25.3. The number of carbonyl (C=O) groups is 4. The SMILES string of the molecule is CCOc1cc(C2C3=CCC4C(=O)N(c5ccc(C=Cc6cc(OC)ccc6OC)cc5)C(=O)C4C3CC3C(=O)N(c4cc(-c5sc6ccc(Cl)cc6c5C)nn4C)C(=O)C32C)ccc1O. The summed E-state index contributed by atoms with van der Waals surface area (Å²) in [6.07, 6.45) is 6.31. The number of phenolic OH excluding ortho intramolecular Hbond substituents is 1. The summed E-state index contributed by atoms with van der Waals surface area (Å²) >= 11 is 7.92. The van der Waals surface area contributed by atoms with Crippen LogP contribution in [0.1, 0.15) is 54.9 Å². The maximum absolute atomic E-state index is 15.3. The predicted molar refractivity (Wildman–Crippen MR) is 255 cm³/mol. The standard InChI is InChI=1S/C52H47ClN4O8S/c1-7-65-42-23-30(12-19-40(42)58)46-34-17-18-35-45(50(61)56(48(35)59)32-14-9-28(10-15-32)8-11-29-22-33(63-5)16-20-41(29)64-6)37(34)25-38-49(60)57(51(62)52(38,46)3)44-26-39(54-55(44)4)47-27(2)36-24-31(53)13-21-43(36)66-47/h8-17,19-24,26,35,37-38,45-46,58H,7,18,25H2,1-6H3.